The highest BCUT2D eigenvalue weighted by Crippen LogP contribution is 2.42. The Hall–Kier alpha value is -1.87. The number of fused-ring (bicyclic) bond motifs is 1. The maximum absolute atomic E-state index is 12.4. The van der Waals surface area contributed by atoms with Crippen LogP contribution < -0.4 is 0 Å². The first kappa shape index (κ1) is 12.2. The summed E-state index contributed by atoms with van der Waals surface area (Å²) in [5, 5.41) is 0. The molecule has 2 aromatic rings. The normalized spacial score (nSPS) is 15.8. The van der Waals surface area contributed by atoms with Gasteiger partial charge in [-0.3, -0.25) is 9.78 Å². The van der Waals surface area contributed by atoms with Gasteiger partial charge >= 0.3 is 0 Å². The van der Waals surface area contributed by atoms with Crippen LogP contribution in [0.15, 0.2) is 52.5 Å². The average Bonchev–Trinajstić information content (AvgIpc) is 2.77. The fourth-order valence-electron chi connectivity index (χ4n) is 2.16. The Kier molecular flexibility index (Phi) is 3.22. The van der Waals surface area contributed by atoms with Crippen LogP contribution in [0.4, 0.5) is 0 Å². The van der Waals surface area contributed by atoms with E-state index in [1.54, 1.807) is 24.2 Å². The molecule has 0 saturated carbocycles. The van der Waals surface area contributed by atoms with Crippen LogP contribution in [0, 0.1) is 0 Å². The lowest BCUT2D eigenvalue weighted by Gasteiger charge is -2.02. The molecule has 1 aliphatic rings. The molecule has 19 heavy (non-hydrogen) atoms. The largest absolute Gasteiger partial charge is 0.288 e. The SMILES string of the molecule is CCc1cccc2c1S/C(=C/c1cccnc1)C2=O. The predicted octanol–water partition coefficient (Wildman–Crippen LogP) is 3.97. The van der Waals surface area contributed by atoms with E-state index >= 15 is 0 Å². The fraction of sp³-hybridized carbons (Fsp3) is 0.125. The van der Waals surface area contributed by atoms with E-state index < -0.39 is 0 Å². The van der Waals surface area contributed by atoms with Gasteiger partial charge in [-0.05, 0) is 35.8 Å². The van der Waals surface area contributed by atoms with E-state index in [1.807, 2.05) is 30.3 Å². The number of thioether (sulfide) groups is 1. The molecule has 0 bridgehead atoms. The zero-order valence-electron chi connectivity index (χ0n) is 10.6. The van der Waals surface area contributed by atoms with Gasteiger partial charge in [0.25, 0.3) is 0 Å². The topological polar surface area (TPSA) is 30.0 Å². The van der Waals surface area contributed by atoms with Crippen molar-refractivity contribution < 1.29 is 4.79 Å². The maximum atomic E-state index is 12.4. The van der Waals surface area contributed by atoms with Crippen molar-refractivity contribution >= 4 is 23.6 Å². The molecule has 0 amide bonds. The van der Waals surface area contributed by atoms with Crippen molar-refractivity contribution in [2.24, 2.45) is 0 Å². The van der Waals surface area contributed by atoms with E-state index in [9.17, 15) is 4.79 Å². The summed E-state index contributed by atoms with van der Waals surface area (Å²) < 4.78 is 0. The molecule has 1 aliphatic heterocycles. The van der Waals surface area contributed by atoms with Crippen LogP contribution in [0.25, 0.3) is 6.08 Å². The third kappa shape index (κ3) is 2.22. The van der Waals surface area contributed by atoms with Crippen LogP contribution in [0.2, 0.25) is 0 Å². The first-order valence-corrected chi connectivity index (χ1v) is 7.07. The molecule has 0 radical (unpaired) electrons. The van der Waals surface area contributed by atoms with Gasteiger partial charge in [-0.25, -0.2) is 0 Å². The molecule has 0 spiro atoms. The molecular formula is C16H13NOS. The molecule has 0 aliphatic carbocycles. The van der Waals surface area contributed by atoms with E-state index in [4.69, 9.17) is 0 Å². The van der Waals surface area contributed by atoms with Gasteiger partial charge in [0.15, 0.2) is 0 Å². The van der Waals surface area contributed by atoms with E-state index in [0.29, 0.717) is 0 Å². The highest BCUT2D eigenvalue weighted by molar-refractivity contribution is 8.05. The summed E-state index contributed by atoms with van der Waals surface area (Å²) >= 11 is 1.57. The van der Waals surface area contributed by atoms with Crippen molar-refractivity contribution in [1.29, 1.82) is 0 Å². The zero-order valence-corrected chi connectivity index (χ0v) is 11.4. The molecule has 0 saturated heterocycles. The maximum Gasteiger partial charge on any atom is 0.200 e. The number of rotatable bonds is 2. The minimum absolute atomic E-state index is 0.124. The number of benzene rings is 1. The van der Waals surface area contributed by atoms with Crippen LogP contribution in [0.5, 0.6) is 0 Å². The Morgan fingerprint density at radius 1 is 1.26 bits per heavy atom. The van der Waals surface area contributed by atoms with E-state index in [2.05, 4.69) is 18.0 Å². The number of carbonyl (C=O) groups excluding carboxylic acids is 1. The van der Waals surface area contributed by atoms with Gasteiger partial charge in [-0.15, -0.1) is 0 Å². The van der Waals surface area contributed by atoms with Crippen molar-refractivity contribution in [2.45, 2.75) is 18.2 Å². The lowest BCUT2D eigenvalue weighted by atomic mass is 10.0. The number of nitrogens with zero attached hydrogens (tertiary/aromatic N) is 1. The lowest BCUT2D eigenvalue weighted by molar-refractivity contribution is 0.104. The van der Waals surface area contributed by atoms with E-state index in [1.165, 1.54) is 5.56 Å². The third-order valence-electron chi connectivity index (χ3n) is 3.14. The molecule has 1 aromatic carbocycles. The predicted molar refractivity (Wildman–Crippen MR) is 78.2 cm³/mol. The fourth-order valence-corrected chi connectivity index (χ4v) is 3.39. The summed E-state index contributed by atoms with van der Waals surface area (Å²) in [5.74, 6) is 0.124. The number of aryl methyl sites for hydroxylation is 1. The zero-order chi connectivity index (χ0) is 13.2. The summed E-state index contributed by atoms with van der Waals surface area (Å²) in [5.41, 5.74) is 3.04. The highest BCUT2D eigenvalue weighted by atomic mass is 32.2. The van der Waals surface area contributed by atoms with Crippen LogP contribution in [0.1, 0.15) is 28.4 Å². The highest BCUT2D eigenvalue weighted by Gasteiger charge is 2.27. The first-order valence-electron chi connectivity index (χ1n) is 6.25. The Bertz CT molecular complexity index is 662. The number of allylic oxidation sites excluding steroid dienone is 1. The van der Waals surface area contributed by atoms with Crippen molar-refractivity contribution in [1.82, 2.24) is 4.98 Å². The van der Waals surface area contributed by atoms with Crippen LogP contribution in [0.3, 0.4) is 0 Å². The standard InChI is InChI=1S/C16H13NOS/c1-2-12-6-3-7-13-15(18)14(19-16(12)13)9-11-5-4-8-17-10-11/h3-10H,2H2,1H3/b14-9+. The second-order valence-electron chi connectivity index (χ2n) is 4.37. The van der Waals surface area contributed by atoms with E-state index in [0.717, 1.165) is 27.3 Å². The minimum atomic E-state index is 0.124. The van der Waals surface area contributed by atoms with Gasteiger partial charge in [0.1, 0.15) is 0 Å². The number of carbonyl (C=O) groups is 1. The van der Waals surface area contributed by atoms with Gasteiger partial charge in [-0.2, -0.15) is 0 Å². The van der Waals surface area contributed by atoms with Gasteiger partial charge < -0.3 is 0 Å². The monoisotopic (exact) mass is 267 g/mol. The van der Waals surface area contributed by atoms with Crippen molar-refractivity contribution in [3.05, 3.63) is 64.3 Å². The Morgan fingerprint density at radius 2 is 2.16 bits per heavy atom. The molecule has 2 heterocycles. The lowest BCUT2D eigenvalue weighted by Crippen LogP contribution is -1.95. The number of pyridine rings is 1. The minimum Gasteiger partial charge on any atom is -0.288 e. The molecular weight excluding hydrogens is 254 g/mol. The summed E-state index contributed by atoms with van der Waals surface area (Å²) in [6.07, 6.45) is 6.36. The summed E-state index contributed by atoms with van der Waals surface area (Å²) in [6.45, 7) is 2.11. The van der Waals surface area contributed by atoms with Crippen LogP contribution >= 0.6 is 11.8 Å². The first-order chi connectivity index (χ1) is 9.29. The van der Waals surface area contributed by atoms with Gasteiger partial charge in [0.2, 0.25) is 5.78 Å². The molecule has 3 heteroatoms. The average molecular weight is 267 g/mol. The molecule has 1 aromatic heterocycles. The van der Waals surface area contributed by atoms with Crippen molar-refractivity contribution in [3.63, 3.8) is 0 Å². The molecule has 0 fully saturated rings. The smallest absolute Gasteiger partial charge is 0.200 e. The summed E-state index contributed by atoms with van der Waals surface area (Å²) in [6, 6.07) is 9.79. The summed E-state index contributed by atoms with van der Waals surface area (Å²) in [7, 11) is 0. The van der Waals surface area contributed by atoms with Gasteiger partial charge in [0.05, 0.1) is 4.91 Å². The molecule has 0 unspecified atom stereocenters. The number of aromatic nitrogens is 1. The van der Waals surface area contributed by atoms with Crippen molar-refractivity contribution in [2.75, 3.05) is 0 Å². The number of Topliss-reactive ketones (excluding diaryl/α,β-unsaturated/α-hetero) is 1. The van der Waals surface area contributed by atoms with Crippen molar-refractivity contribution in [3.8, 4) is 0 Å². The van der Waals surface area contributed by atoms with E-state index in [-0.39, 0.29) is 5.78 Å². The quantitative estimate of drug-likeness (QED) is 0.771. The molecule has 3 rings (SSSR count). The van der Waals surface area contributed by atoms with Gasteiger partial charge in [-0.1, -0.05) is 36.9 Å². The number of hydrogen-bond donors (Lipinski definition) is 0. The third-order valence-corrected chi connectivity index (χ3v) is 4.35. The second kappa shape index (κ2) is 5.02. The second-order valence-corrected chi connectivity index (χ2v) is 5.43. The van der Waals surface area contributed by atoms with Crippen LogP contribution in [-0.2, 0) is 6.42 Å². The molecule has 0 N–H and O–H groups in total. The Balaban J connectivity index is 2.02. The number of hydrogen-bond acceptors (Lipinski definition) is 3. The molecule has 94 valence electrons. The Morgan fingerprint density at radius 3 is 2.89 bits per heavy atom. The molecule has 0 atom stereocenters. The van der Waals surface area contributed by atoms with Crippen LogP contribution in [-0.4, -0.2) is 10.8 Å². The summed E-state index contributed by atoms with van der Waals surface area (Å²) in [4.78, 5) is 18.3. The molecule has 2 nitrogen and oxygen atoms in total. The number of ketones is 1. The Labute approximate surface area is 116 Å². The van der Waals surface area contributed by atoms with Gasteiger partial charge in [0, 0.05) is 22.9 Å².